The molecule has 0 saturated heterocycles. The van der Waals surface area contributed by atoms with Gasteiger partial charge in [-0.05, 0) is 17.5 Å². The largest absolute Gasteiger partial charge is 0.383 e. The first-order chi connectivity index (χ1) is 14.1. The lowest BCUT2D eigenvalue weighted by Crippen LogP contribution is -2.19. The highest BCUT2D eigenvalue weighted by Gasteiger charge is 2.14. The smallest absolute Gasteiger partial charge is 0.279 e. The van der Waals surface area contributed by atoms with Crippen molar-refractivity contribution in [3.05, 3.63) is 81.1 Å². The van der Waals surface area contributed by atoms with Crippen LogP contribution in [0.2, 0.25) is 0 Å². The summed E-state index contributed by atoms with van der Waals surface area (Å²) in [5.74, 6) is -0.518. The van der Waals surface area contributed by atoms with Crippen molar-refractivity contribution in [2.75, 3.05) is 13.7 Å². The molecular weight excluding hydrogens is 390 g/mol. The summed E-state index contributed by atoms with van der Waals surface area (Å²) in [7, 11) is 1.62. The van der Waals surface area contributed by atoms with E-state index in [2.05, 4.69) is 4.99 Å². The van der Waals surface area contributed by atoms with E-state index in [1.807, 2.05) is 41.0 Å². The van der Waals surface area contributed by atoms with Crippen LogP contribution in [-0.2, 0) is 11.3 Å². The quantitative estimate of drug-likeness (QED) is 0.367. The Bertz CT molecular complexity index is 1310. The Hall–Kier alpha value is -3.36. The number of carbonyl (C=O) groups excluding carboxylic acids is 1. The second kappa shape index (κ2) is 7.94. The summed E-state index contributed by atoms with van der Waals surface area (Å²) in [5, 5.41) is 13.2. The third-order valence-electron chi connectivity index (χ3n) is 4.59. The number of nitro groups is 1. The van der Waals surface area contributed by atoms with Gasteiger partial charge in [0.1, 0.15) is 0 Å². The summed E-state index contributed by atoms with van der Waals surface area (Å²) in [5.41, 5.74) is 1.01. The molecular formula is C21H17N3O4S. The van der Waals surface area contributed by atoms with E-state index in [4.69, 9.17) is 4.74 Å². The number of fused-ring (bicyclic) bond motifs is 3. The predicted molar refractivity (Wildman–Crippen MR) is 112 cm³/mol. The van der Waals surface area contributed by atoms with Gasteiger partial charge < -0.3 is 9.30 Å². The van der Waals surface area contributed by atoms with E-state index in [1.54, 1.807) is 7.11 Å². The monoisotopic (exact) mass is 407 g/mol. The fraction of sp³-hybridized carbons (Fsp3) is 0.143. The minimum absolute atomic E-state index is 0.138. The van der Waals surface area contributed by atoms with Gasteiger partial charge in [0.25, 0.3) is 11.6 Å². The first-order valence-corrected chi connectivity index (χ1v) is 9.73. The number of rotatable bonds is 5. The lowest BCUT2D eigenvalue weighted by Gasteiger charge is -2.05. The normalized spacial score (nSPS) is 12.0. The second-order valence-corrected chi connectivity index (χ2v) is 7.37. The van der Waals surface area contributed by atoms with Crippen LogP contribution in [0.5, 0.6) is 0 Å². The van der Waals surface area contributed by atoms with Gasteiger partial charge in [-0.3, -0.25) is 14.9 Å². The lowest BCUT2D eigenvalue weighted by atomic mass is 10.1. The molecule has 0 atom stereocenters. The number of aromatic nitrogens is 1. The van der Waals surface area contributed by atoms with Gasteiger partial charge in [0.15, 0.2) is 4.80 Å². The maximum Gasteiger partial charge on any atom is 0.279 e. The molecule has 7 nitrogen and oxygen atoms in total. The molecule has 8 heteroatoms. The zero-order valence-corrected chi connectivity index (χ0v) is 16.4. The van der Waals surface area contributed by atoms with Gasteiger partial charge in [0.05, 0.1) is 21.7 Å². The summed E-state index contributed by atoms with van der Waals surface area (Å²) < 4.78 is 8.20. The molecule has 0 spiro atoms. The number of carbonyl (C=O) groups is 1. The van der Waals surface area contributed by atoms with Gasteiger partial charge in [-0.25, -0.2) is 0 Å². The molecule has 3 aromatic carbocycles. The van der Waals surface area contributed by atoms with Crippen LogP contribution in [0, 0.1) is 10.1 Å². The molecule has 0 aliphatic carbocycles. The van der Waals surface area contributed by atoms with Gasteiger partial charge in [-0.1, -0.05) is 47.7 Å². The number of non-ortho nitro benzene ring substituents is 1. The van der Waals surface area contributed by atoms with Crippen molar-refractivity contribution in [3.63, 3.8) is 0 Å². The highest BCUT2D eigenvalue weighted by molar-refractivity contribution is 7.17. The molecule has 0 unspecified atom stereocenters. The topological polar surface area (TPSA) is 86.7 Å². The molecule has 0 N–H and O–H groups in total. The van der Waals surface area contributed by atoms with E-state index in [9.17, 15) is 14.9 Å². The number of nitro benzene ring substituents is 1. The van der Waals surface area contributed by atoms with E-state index < -0.39 is 10.8 Å². The molecule has 0 aliphatic heterocycles. The van der Waals surface area contributed by atoms with E-state index >= 15 is 0 Å². The molecule has 29 heavy (non-hydrogen) atoms. The Kier molecular flexibility index (Phi) is 5.20. The fourth-order valence-electron chi connectivity index (χ4n) is 3.19. The Labute approximate surface area is 169 Å². The minimum Gasteiger partial charge on any atom is -0.383 e. The number of benzene rings is 3. The molecule has 0 fully saturated rings. The second-order valence-electron chi connectivity index (χ2n) is 6.39. The zero-order valence-electron chi connectivity index (χ0n) is 15.6. The maximum absolute atomic E-state index is 12.7. The lowest BCUT2D eigenvalue weighted by molar-refractivity contribution is -0.384. The number of methoxy groups -OCH3 is 1. The summed E-state index contributed by atoms with van der Waals surface area (Å²) >= 11 is 1.42. The molecule has 4 aromatic rings. The Morgan fingerprint density at radius 2 is 2.00 bits per heavy atom. The van der Waals surface area contributed by atoms with E-state index in [0.717, 1.165) is 21.0 Å². The van der Waals surface area contributed by atoms with E-state index in [0.29, 0.717) is 18.0 Å². The van der Waals surface area contributed by atoms with Crippen LogP contribution in [0.15, 0.2) is 65.7 Å². The van der Waals surface area contributed by atoms with Crippen molar-refractivity contribution in [2.24, 2.45) is 4.99 Å². The third-order valence-corrected chi connectivity index (χ3v) is 5.72. The Morgan fingerprint density at radius 1 is 1.17 bits per heavy atom. The van der Waals surface area contributed by atoms with Crippen molar-refractivity contribution in [1.29, 1.82) is 0 Å². The molecule has 0 aliphatic rings. The molecule has 0 bridgehead atoms. The molecule has 1 amide bonds. The van der Waals surface area contributed by atoms with Crippen LogP contribution in [0.3, 0.4) is 0 Å². The zero-order chi connectivity index (χ0) is 20.4. The van der Waals surface area contributed by atoms with Crippen molar-refractivity contribution in [3.8, 4) is 0 Å². The fourth-order valence-corrected chi connectivity index (χ4v) is 4.38. The standard InChI is InChI=1S/C21H17N3O4S/c1-28-12-11-23-18-10-9-14-5-2-3-8-17(14)19(18)29-21(23)22-20(25)15-6-4-7-16(13-15)24(26)27/h2-10,13H,11-12H2,1H3. The molecule has 4 rings (SSSR count). The Balaban J connectivity index is 1.89. The van der Waals surface area contributed by atoms with Crippen LogP contribution < -0.4 is 4.80 Å². The van der Waals surface area contributed by atoms with Crippen LogP contribution in [0.4, 0.5) is 5.69 Å². The van der Waals surface area contributed by atoms with Crippen LogP contribution in [-0.4, -0.2) is 29.1 Å². The summed E-state index contributed by atoms with van der Waals surface area (Å²) in [6.07, 6.45) is 0. The van der Waals surface area contributed by atoms with Gasteiger partial charge in [0.2, 0.25) is 0 Å². The average Bonchev–Trinajstić information content (AvgIpc) is 3.09. The first-order valence-electron chi connectivity index (χ1n) is 8.92. The molecule has 1 aromatic heterocycles. The molecule has 0 radical (unpaired) electrons. The van der Waals surface area contributed by atoms with E-state index in [-0.39, 0.29) is 11.3 Å². The number of hydrogen-bond donors (Lipinski definition) is 0. The van der Waals surface area contributed by atoms with Gasteiger partial charge in [-0.15, -0.1) is 0 Å². The first kappa shape index (κ1) is 19.0. The number of thiazole rings is 1. The SMILES string of the molecule is COCCn1c(=NC(=O)c2cccc([N+](=O)[O-])c2)sc2c3ccccc3ccc21. The van der Waals surface area contributed by atoms with E-state index in [1.165, 1.54) is 35.6 Å². The van der Waals surface area contributed by atoms with Crippen molar-refractivity contribution < 1.29 is 14.5 Å². The van der Waals surface area contributed by atoms with Gasteiger partial charge >= 0.3 is 0 Å². The minimum atomic E-state index is -0.527. The van der Waals surface area contributed by atoms with Crippen LogP contribution in [0.1, 0.15) is 10.4 Å². The van der Waals surface area contributed by atoms with Gasteiger partial charge in [0, 0.05) is 36.7 Å². The number of amides is 1. The highest BCUT2D eigenvalue weighted by atomic mass is 32.1. The van der Waals surface area contributed by atoms with Crippen molar-refractivity contribution in [2.45, 2.75) is 6.54 Å². The summed E-state index contributed by atoms with van der Waals surface area (Å²) in [6, 6.07) is 17.7. The van der Waals surface area contributed by atoms with Crippen molar-refractivity contribution in [1.82, 2.24) is 4.57 Å². The Morgan fingerprint density at radius 3 is 2.79 bits per heavy atom. The average molecular weight is 407 g/mol. The predicted octanol–water partition coefficient (Wildman–Crippen LogP) is 4.15. The third kappa shape index (κ3) is 3.67. The molecule has 1 heterocycles. The summed E-state index contributed by atoms with van der Waals surface area (Å²) in [6.45, 7) is 1.01. The maximum atomic E-state index is 12.7. The highest BCUT2D eigenvalue weighted by Crippen LogP contribution is 2.27. The van der Waals surface area contributed by atoms with Crippen LogP contribution in [0.25, 0.3) is 21.0 Å². The van der Waals surface area contributed by atoms with Gasteiger partial charge in [-0.2, -0.15) is 4.99 Å². The van der Waals surface area contributed by atoms with Crippen molar-refractivity contribution >= 4 is 43.9 Å². The number of hydrogen-bond acceptors (Lipinski definition) is 5. The van der Waals surface area contributed by atoms with Crippen LogP contribution >= 0.6 is 11.3 Å². The number of ether oxygens (including phenoxy) is 1. The molecule has 0 saturated carbocycles. The summed E-state index contributed by atoms with van der Waals surface area (Å²) in [4.78, 5) is 28.0. The number of nitrogens with zero attached hydrogens (tertiary/aromatic N) is 3. The molecule has 146 valence electrons.